The van der Waals surface area contributed by atoms with E-state index in [1.165, 1.54) is 0 Å². The third kappa shape index (κ3) is 3.73. The van der Waals surface area contributed by atoms with E-state index in [4.69, 9.17) is 15.7 Å². The van der Waals surface area contributed by atoms with Crippen LogP contribution in [0.15, 0.2) is 48.1 Å². The highest BCUT2D eigenvalue weighted by atomic mass is 32.1. The standard InChI is InChI=1S/C23H24N6OS/c1-15-11-16(23(30)28-8-3-2-5-17(28)13-24)12-20(26-15)18-14-25-29-9-7-19(27-22(18)29)21-6-4-10-31-21/h4,6-7,9-12,14,17H,2-3,5,8,13,24H2,1H3/t17-/m1/s1. The van der Waals surface area contributed by atoms with Crippen molar-refractivity contribution in [3.05, 3.63) is 59.4 Å². The number of nitrogens with two attached hydrogens (primary N) is 1. The number of aryl methyl sites for hydroxylation is 1. The van der Waals surface area contributed by atoms with Crippen molar-refractivity contribution < 1.29 is 4.79 Å². The van der Waals surface area contributed by atoms with Crippen LogP contribution in [-0.4, -0.2) is 49.5 Å². The smallest absolute Gasteiger partial charge is 0.254 e. The van der Waals surface area contributed by atoms with Gasteiger partial charge in [0.15, 0.2) is 5.65 Å². The first-order valence-electron chi connectivity index (χ1n) is 10.5. The molecule has 31 heavy (non-hydrogen) atoms. The molecule has 1 amide bonds. The van der Waals surface area contributed by atoms with Crippen molar-refractivity contribution in [2.24, 2.45) is 5.73 Å². The fraction of sp³-hybridized carbons (Fsp3) is 0.304. The van der Waals surface area contributed by atoms with Crippen LogP contribution in [0.3, 0.4) is 0 Å². The fourth-order valence-electron chi connectivity index (χ4n) is 4.22. The summed E-state index contributed by atoms with van der Waals surface area (Å²) in [7, 11) is 0. The number of thiophene rings is 1. The summed E-state index contributed by atoms with van der Waals surface area (Å²) in [6.45, 7) is 3.15. The van der Waals surface area contributed by atoms with Crippen LogP contribution in [0.5, 0.6) is 0 Å². The number of nitrogens with zero attached hydrogens (tertiary/aromatic N) is 5. The van der Waals surface area contributed by atoms with Gasteiger partial charge in [0, 0.05) is 36.6 Å². The zero-order valence-corrected chi connectivity index (χ0v) is 18.2. The predicted octanol–water partition coefficient (Wildman–Crippen LogP) is 3.78. The molecular weight excluding hydrogens is 408 g/mol. The Kier molecular flexibility index (Phi) is 5.25. The second kappa shape index (κ2) is 8.20. The minimum Gasteiger partial charge on any atom is -0.334 e. The van der Waals surface area contributed by atoms with Crippen LogP contribution >= 0.6 is 11.3 Å². The predicted molar refractivity (Wildman–Crippen MR) is 122 cm³/mol. The van der Waals surface area contributed by atoms with Crippen molar-refractivity contribution >= 4 is 22.9 Å². The van der Waals surface area contributed by atoms with E-state index in [-0.39, 0.29) is 11.9 Å². The summed E-state index contributed by atoms with van der Waals surface area (Å²) >= 11 is 1.65. The molecular formula is C23H24N6OS. The first-order chi connectivity index (χ1) is 15.1. The lowest BCUT2D eigenvalue weighted by Gasteiger charge is -2.35. The number of pyridine rings is 1. The second-order valence-electron chi connectivity index (χ2n) is 7.88. The third-order valence-electron chi connectivity index (χ3n) is 5.78. The number of carbonyl (C=O) groups excluding carboxylic acids is 1. The van der Waals surface area contributed by atoms with E-state index >= 15 is 0 Å². The van der Waals surface area contributed by atoms with Crippen molar-refractivity contribution in [1.82, 2.24) is 24.5 Å². The van der Waals surface area contributed by atoms with Crippen LogP contribution in [-0.2, 0) is 0 Å². The largest absolute Gasteiger partial charge is 0.334 e. The summed E-state index contributed by atoms with van der Waals surface area (Å²) < 4.78 is 1.74. The zero-order valence-electron chi connectivity index (χ0n) is 17.4. The van der Waals surface area contributed by atoms with Gasteiger partial charge in [-0.2, -0.15) is 5.10 Å². The van der Waals surface area contributed by atoms with Gasteiger partial charge >= 0.3 is 0 Å². The minimum absolute atomic E-state index is 0.0191. The van der Waals surface area contributed by atoms with Crippen LogP contribution < -0.4 is 5.73 Å². The van der Waals surface area contributed by atoms with Gasteiger partial charge in [0.1, 0.15) is 0 Å². The molecule has 7 nitrogen and oxygen atoms in total. The monoisotopic (exact) mass is 432 g/mol. The Morgan fingerprint density at radius 3 is 2.94 bits per heavy atom. The lowest BCUT2D eigenvalue weighted by Crippen LogP contribution is -2.47. The fourth-order valence-corrected chi connectivity index (χ4v) is 4.92. The van der Waals surface area contributed by atoms with Gasteiger partial charge < -0.3 is 10.6 Å². The lowest BCUT2D eigenvalue weighted by atomic mass is 10.0. The van der Waals surface area contributed by atoms with Gasteiger partial charge in [0.05, 0.1) is 28.0 Å². The third-order valence-corrected chi connectivity index (χ3v) is 6.67. The molecule has 0 radical (unpaired) electrons. The molecule has 0 aliphatic carbocycles. The summed E-state index contributed by atoms with van der Waals surface area (Å²) in [5.74, 6) is 0.0191. The van der Waals surface area contributed by atoms with Crippen molar-refractivity contribution in [2.75, 3.05) is 13.1 Å². The normalized spacial score (nSPS) is 16.7. The molecule has 0 bridgehead atoms. The Morgan fingerprint density at radius 2 is 2.13 bits per heavy atom. The quantitative estimate of drug-likeness (QED) is 0.530. The molecule has 4 aromatic heterocycles. The molecule has 5 rings (SSSR count). The van der Waals surface area contributed by atoms with E-state index in [2.05, 4.69) is 5.10 Å². The Bertz CT molecular complexity index is 1230. The Hall–Kier alpha value is -3.10. The molecule has 5 heterocycles. The van der Waals surface area contributed by atoms with Crippen molar-refractivity contribution in [3.63, 3.8) is 0 Å². The van der Waals surface area contributed by atoms with Gasteiger partial charge in [-0.1, -0.05) is 6.07 Å². The van der Waals surface area contributed by atoms with Gasteiger partial charge in [-0.15, -0.1) is 11.3 Å². The van der Waals surface area contributed by atoms with Crippen LogP contribution in [0, 0.1) is 6.92 Å². The van der Waals surface area contributed by atoms with Gasteiger partial charge in [-0.25, -0.2) is 9.50 Å². The zero-order chi connectivity index (χ0) is 21.4. The average Bonchev–Trinajstić information content (AvgIpc) is 3.48. The number of carbonyl (C=O) groups is 1. The number of rotatable bonds is 4. The summed E-state index contributed by atoms with van der Waals surface area (Å²) in [5, 5.41) is 6.48. The number of hydrogen-bond donors (Lipinski definition) is 1. The van der Waals surface area contributed by atoms with Crippen molar-refractivity contribution in [1.29, 1.82) is 0 Å². The van der Waals surface area contributed by atoms with Crippen molar-refractivity contribution in [3.8, 4) is 21.8 Å². The summed E-state index contributed by atoms with van der Waals surface area (Å²) in [6.07, 6.45) is 6.76. The van der Waals surface area contributed by atoms with Gasteiger partial charge in [0.25, 0.3) is 5.91 Å². The van der Waals surface area contributed by atoms with E-state index in [0.717, 1.165) is 53.3 Å². The Balaban J connectivity index is 1.55. The van der Waals surface area contributed by atoms with Crippen LogP contribution in [0.25, 0.3) is 27.5 Å². The number of amides is 1. The lowest BCUT2D eigenvalue weighted by molar-refractivity contribution is 0.0623. The molecule has 1 aliphatic heterocycles. The number of fused-ring (bicyclic) bond motifs is 1. The maximum Gasteiger partial charge on any atom is 0.254 e. The van der Waals surface area contributed by atoms with Crippen LogP contribution in [0.4, 0.5) is 0 Å². The molecule has 1 fully saturated rings. The molecule has 8 heteroatoms. The molecule has 158 valence electrons. The van der Waals surface area contributed by atoms with E-state index in [1.807, 2.05) is 53.7 Å². The number of hydrogen-bond acceptors (Lipinski definition) is 6. The molecule has 4 aromatic rings. The van der Waals surface area contributed by atoms with Crippen LogP contribution in [0.1, 0.15) is 35.3 Å². The maximum atomic E-state index is 13.3. The van der Waals surface area contributed by atoms with Crippen molar-refractivity contribution in [2.45, 2.75) is 32.2 Å². The summed E-state index contributed by atoms with van der Waals surface area (Å²) in [6, 6.07) is 9.83. The first kappa shape index (κ1) is 19.8. The van der Waals surface area contributed by atoms with Gasteiger partial charge in [-0.3, -0.25) is 9.78 Å². The Labute approximate surface area is 184 Å². The molecule has 0 unspecified atom stereocenters. The molecule has 1 atom stereocenters. The number of piperidine rings is 1. The highest BCUT2D eigenvalue weighted by Gasteiger charge is 2.27. The van der Waals surface area contributed by atoms with Gasteiger partial charge in [0.2, 0.25) is 0 Å². The summed E-state index contributed by atoms with van der Waals surface area (Å²) in [4.78, 5) is 25.9. The SMILES string of the molecule is Cc1cc(C(=O)N2CCCC[C@@H]2CN)cc(-c2cnn3ccc(-c4cccs4)nc23)n1. The molecule has 1 aliphatic rings. The molecule has 0 aromatic carbocycles. The maximum absolute atomic E-state index is 13.3. The minimum atomic E-state index is 0.0191. The topological polar surface area (TPSA) is 89.4 Å². The van der Waals surface area contributed by atoms with Crippen LogP contribution in [0.2, 0.25) is 0 Å². The van der Waals surface area contributed by atoms with E-state index in [1.54, 1.807) is 22.0 Å². The van der Waals surface area contributed by atoms with E-state index in [0.29, 0.717) is 17.8 Å². The molecule has 0 spiro atoms. The molecule has 2 N–H and O–H groups in total. The highest BCUT2D eigenvalue weighted by molar-refractivity contribution is 7.13. The highest BCUT2D eigenvalue weighted by Crippen LogP contribution is 2.28. The van der Waals surface area contributed by atoms with E-state index < -0.39 is 0 Å². The molecule has 0 saturated carbocycles. The number of likely N-dealkylation sites (tertiary alicyclic amines) is 1. The second-order valence-corrected chi connectivity index (χ2v) is 8.83. The Morgan fingerprint density at radius 1 is 1.23 bits per heavy atom. The molecule has 1 saturated heterocycles. The van der Waals surface area contributed by atoms with E-state index in [9.17, 15) is 4.79 Å². The number of aromatic nitrogens is 4. The first-order valence-corrected chi connectivity index (χ1v) is 11.4. The van der Waals surface area contributed by atoms with Gasteiger partial charge in [-0.05, 0) is 55.8 Å². The average molecular weight is 433 g/mol. The summed E-state index contributed by atoms with van der Waals surface area (Å²) in [5.41, 5.74) is 10.5.